The Morgan fingerprint density at radius 1 is 1.30 bits per heavy atom. The molecule has 0 radical (unpaired) electrons. The number of carbonyl (C=O) groups excluding carboxylic acids is 1. The molecular weight excluding hydrogens is 284 g/mol. The minimum atomic E-state index is -3.11. The van der Waals surface area contributed by atoms with Crippen molar-refractivity contribution in [2.45, 2.75) is 45.7 Å². The van der Waals surface area contributed by atoms with Gasteiger partial charge >= 0.3 is 12.0 Å². The van der Waals surface area contributed by atoms with Gasteiger partial charge in [0.25, 0.3) is 0 Å². The third-order valence-corrected chi connectivity index (χ3v) is 5.01. The summed E-state index contributed by atoms with van der Waals surface area (Å²) < 4.78 is 22.9. The van der Waals surface area contributed by atoms with Crippen LogP contribution in [0, 0.1) is 5.41 Å². The SMILES string of the molecule is CC(C)(C)[C@H](NC(=O)NC1CCCS(=O)(=O)C1)C(=O)O. The largest absolute Gasteiger partial charge is 0.480 e. The quantitative estimate of drug-likeness (QED) is 0.697. The standard InChI is InChI=1S/C12H22N2O5S/c1-12(2,3)9(10(15)16)14-11(17)13-8-5-4-6-20(18,19)7-8/h8-9H,4-7H2,1-3H3,(H,15,16)(H2,13,14,17)/t8?,9-/m1/s1. The zero-order valence-electron chi connectivity index (χ0n) is 12.0. The van der Waals surface area contributed by atoms with E-state index in [0.29, 0.717) is 12.8 Å². The van der Waals surface area contributed by atoms with E-state index in [4.69, 9.17) is 5.11 Å². The lowest BCUT2D eigenvalue weighted by atomic mass is 9.87. The third kappa shape index (κ3) is 4.99. The molecule has 1 unspecified atom stereocenters. The fourth-order valence-electron chi connectivity index (χ4n) is 2.14. The molecule has 1 fully saturated rings. The Labute approximate surface area is 119 Å². The van der Waals surface area contributed by atoms with Gasteiger partial charge in [-0.1, -0.05) is 20.8 Å². The van der Waals surface area contributed by atoms with Gasteiger partial charge in [0, 0.05) is 6.04 Å². The van der Waals surface area contributed by atoms with E-state index in [1.165, 1.54) is 0 Å². The summed E-state index contributed by atoms with van der Waals surface area (Å²) in [6.45, 7) is 5.12. The Bertz CT molecular complexity index is 481. The van der Waals surface area contributed by atoms with Crippen molar-refractivity contribution >= 4 is 21.8 Å². The highest BCUT2D eigenvalue weighted by molar-refractivity contribution is 7.91. The van der Waals surface area contributed by atoms with Gasteiger partial charge < -0.3 is 15.7 Å². The Kier molecular flexibility index (Phi) is 5.01. The van der Waals surface area contributed by atoms with Gasteiger partial charge in [0.05, 0.1) is 11.5 Å². The normalized spacial score (nSPS) is 23.6. The number of urea groups is 1. The van der Waals surface area contributed by atoms with Crippen LogP contribution in [0.4, 0.5) is 4.79 Å². The Balaban J connectivity index is 2.61. The van der Waals surface area contributed by atoms with Crippen LogP contribution in [0.3, 0.4) is 0 Å². The molecule has 1 rings (SSSR count). The molecule has 2 amide bonds. The first-order valence-electron chi connectivity index (χ1n) is 6.51. The maximum atomic E-state index is 11.8. The lowest BCUT2D eigenvalue weighted by Gasteiger charge is -2.29. The third-order valence-electron chi connectivity index (χ3n) is 3.19. The molecule has 0 aromatic carbocycles. The summed E-state index contributed by atoms with van der Waals surface area (Å²) in [5.41, 5.74) is -0.637. The molecule has 1 saturated heterocycles. The lowest BCUT2D eigenvalue weighted by molar-refractivity contribution is -0.141. The Hall–Kier alpha value is -1.31. The zero-order valence-corrected chi connectivity index (χ0v) is 12.8. The van der Waals surface area contributed by atoms with Gasteiger partial charge in [-0.05, 0) is 18.3 Å². The van der Waals surface area contributed by atoms with Crippen molar-refractivity contribution in [2.24, 2.45) is 5.41 Å². The first-order valence-corrected chi connectivity index (χ1v) is 8.34. The van der Waals surface area contributed by atoms with Gasteiger partial charge in [-0.25, -0.2) is 18.0 Å². The highest BCUT2D eigenvalue weighted by Gasteiger charge is 2.33. The first-order chi connectivity index (χ1) is 9.01. The molecule has 8 heteroatoms. The molecule has 0 saturated carbocycles. The van der Waals surface area contributed by atoms with E-state index in [1.807, 2.05) is 0 Å². The number of hydrogen-bond donors (Lipinski definition) is 3. The molecule has 0 spiro atoms. The van der Waals surface area contributed by atoms with E-state index >= 15 is 0 Å². The molecular formula is C12H22N2O5S. The number of carboxylic acid groups (broad SMARTS) is 1. The zero-order chi connectivity index (χ0) is 15.6. The van der Waals surface area contributed by atoms with Gasteiger partial charge in [-0.2, -0.15) is 0 Å². The van der Waals surface area contributed by atoms with Crippen LogP contribution in [0.15, 0.2) is 0 Å². The molecule has 3 N–H and O–H groups in total. The molecule has 116 valence electrons. The van der Waals surface area contributed by atoms with Crippen molar-refractivity contribution in [1.82, 2.24) is 10.6 Å². The number of hydrogen-bond acceptors (Lipinski definition) is 4. The van der Waals surface area contributed by atoms with E-state index in [9.17, 15) is 18.0 Å². The molecule has 1 aliphatic rings. The highest BCUT2D eigenvalue weighted by atomic mass is 32.2. The number of carboxylic acids is 1. The van der Waals surface area contributed by atoms with E-state index in [0.717, 1.165) is 0 Å². The molecule has 0 bridgehead atoms. The second-order valence-electron chi connectivity index (χ2n) is 6.21. The van der Waals surface area contributed by atoms with Crippen LogP contribution in [0.2, 0.25) is 0 Å². The fourth-order valence-corrected chi connectivity index (χ4v) is 3.78. The van der Waals surface area contributed by atoms with Crippen molar-refractivity contribution in [3.05, 3.63) is 0 Å². The summed E-state index contributed by atoms with van der Waals surface area (Å²) in [7, 11) is -3.11. The van der Waals surface area contributed by atoms with Gasteiger partial charge in [-0.3, -0.25) is 0 Å². The van der Waals surface area contributed by atoms with Gasteiger partial charge in [0.1, 0.15) is 6.04 Å². The van der Waals surface area contributed by atoms with Crippen molar-refractivity contribution < 1.29 is 23.1 Å². The average molecular weight is 306 g/mol. The topological polar surface area (TPSA) is 113 Å². The van der Waals surface area contributed by atoms with Crippen LogP contribution in [0.1, 0.15) is 33.6 Å². The summed E-state index contributed by atoms with van der Waals surface area (Å²) in [6, 6.07) is -2.14. The van der Waals surface area contributed by atoms with Crippen molar-refractivity contribution in [1.29, 1.82) is 0 Å². The summed E-state index contributed by atoms with van der Waals surface area (Å²) >= 11 is 0. The molecule has 0 aliphatic carbocycles. The summed E-state index contributed by atoms with van der Waals surface area (Å²) in [5, 5.41) is 14.0. The molecule has 2 atom stereocenters. The number of aliphatic carboxylic acids is 1. The van der Waals surface area contributed by atoms with E-state index in [-0.39, 0.29) is 11.5 Å². The molecule has 0 aromatic rings. The van der Waals surface area contributed by atoms with Crippen LogP contribution in [0.25, 0.3) is 0 Å². The van der Waals surface area contributed by atoms with Crippen molar-refractivity contribution in [3.8, 4) is 0 Å². The number of carbonyl (C=O) groups is 2. The number of amides is 2. The van der Waals surface area contributed by atoms with Crippen LogP contribution in [-0.4, -0.2) is 49.1 Å². The van der Waals surface area contributed by atoms with Gasteiger partial charge in [0.15, 0.2) is 9.84 Å². The maximum Gasteiger partial charge on any atom is 0.326 e. The minimum Gasteiger partial charge on any atom is -0.480 e. The van der Waals surface area contributed by atoms with Crippen LogP contribution in [-0.2, 0) is 14.6 Å². The molecule has 1 aliphatic heterocycles. The second kappa shape index (κ2) is 5.99. The molecule has 0 aromatic heterocycles. The minimum absolute atomic E-state index is 0.0896. The predicted octanol–water partition coefficient (Wildman–Crippen LogP) is 0.362. The van der Waals surface area contributed by atoms with Crippen molar-refractivity contribution in [3.63, 3.8) is 0 Å². The van der Waals surface area contributed by atoms with Gasteiger partial charge in [-0.15, -0.1) is 0 Å². The molecule has 7 nitrogen and oxygen atoms in total. The van der Waals surface area contributed by atoms with Crippen LogP contribution >= 0.6 is 0 Å². The number of rotatable bonds is 3. The van der Waals surface area contributed by atoms with Crippen LogP contribution < -0.4 is 10.6 Å². The van der Waals surface area contributed by atoms with E-state index in [2.05, 4.69) is 10.6 Å². The highest BCUT2D eigenvalue weighted by Crippen LogP contribution is 2.19. The molecule has 20 heavy (non-hydrogen) atoms. The predicted molar refractivity (Wildman–Crippen MR) is 74.2 cm³/mol. The number of sulfone groups is 1. The smallest absolute Gasteiger partial charge is 0.326 e. The summed E-state index contributed by atoms with van der Waals surface area (Å²) in [4.78, 5) is 22.9. The van der Waals surface area contributed by atoms with E-state index < -0.39 is 39.3 Å². The monoisotopic (exact) mass is 306 g/mol. The Morgan fingerprint density at radius 2 is 1.90 bits per heavy atom. The van der Waals surface area contributed by atoms with Gasteiger partial charge in [0.2, 0.25) is 0 Å². The maximum absolute atomic E-state index is 11.8. The Morgan fingerprint density at radius 3 is 2.35 bits per heavy atom. The lowest BCUT2D eigenvalue weighted by Crippen LogP contribution is -2.55. The van der Waals surface area contributed by atoms with E-state index in [1.54, 1.807) is 20.8 Å². The van der Waals surface area contributed by atoms with Crippen molar-refractivity contribution in [2.75, 3.05) is 11.5 Å². The fraction of sp³-hybridized carbons (Fsp3) is 0.833. The average Bonchev–Trinajstić information content (AvgIpc) is 2.22. The first kappa shape index (κ1) is 16.7. The summed E-state index contributed by atoms with van der Waals surface area (Å²) in [6.07, 6.45) is 1.09. The second-order valence-corrected chi connectivity index (χ2v) is 8.44. The number of nitrogens with one attached hydrogen (secondary N) is 2. The summed E-state index contributed by atoms with van der Waals surface area (Å²) in [5.74, 6) is -1.07. The van der Waals surface area contributed by atoms with Crippen LogP contribution in [0.5, 0.6) is 0 Å². The molecule has 1 heterocycles.